The number of pyridine rings is 1. The minimum atomic E-state index is 0.608. The molecule has 9 rings (SSSR count). The van der Waals surface area contributed by atoms with E-state index in [1.54, 1.807) is 0 Å². The summed E-state index contributed by atoms with van der Waals surface area (Å²) >= 11 is 0. The molecule has 0 saturated heterocycles. The minimum absolute atomic E-state index is 0.608. The summed E-state index contributed by atoms with van der Waals surface area (Å²) in [6.45, 7) is 0. The van der Waals surface area contributed by atoms with E-state index in [1.807, 2.05) is 30.5 Å². The molecule has 0 aliphatic carbocycles. The molecular weight excluding hydrogens is 657 g/mol. The lowest BCUT2D eigenvalue weighted by molar-refractivity contribution is 1.07. The van der Waals surface area contributed by atoms with Gasteiger partial charge in [0.25, 0.3) is 0 Å². The Hall–Kier alpha value is -7.30. The Labute approximate surface area is 315 Å². The van der Waals surface area contributed by atoms with Crippen LogP contribution in [0, 0.1) is 0 Å². The molecule has 7 aromatic carbocycles. The highest BCUT2D eigenvalue weighted by molar-refractivity contribution is 5.85. The molecule has 9 aromatic rings. The molecule has 254 valence electrons. The van der Waals surface area contributed by atoms with Crippen molar-refractivity contribution in [1.29, 1.82) is 0 Å². The summed E-state index contributed by atoms with van der Waals surface area (Å²) < 4.78 is 0. The molecule has 0 saturated carbocycles. The maximum atomic E-state index is 5.04. The fourth-order valence-corrected chi connectivity index (χ4v) is 6.75. The van der Waals surface area contributed by atoms with Crippen molar-refractivity contribution in [1.82, 2.24) is 19.9 Å². The van der Waals surface area contributed by atoms with Gasteiger partial charge in [-0.05, 0) is 39.4 Å². The van der Waals surface area contributed by atoms with Crippen molar-refractivity contribution < 1.29 is 0 Å². The van der Waals surface area contributed by atoms with Gasteiger partial charge < -0.3 is 0 Å². The quantitative estimate of drug-likeness (QED) is 0.159. The molecule has 0 amide bonds. The highest BCUT2D eigenvalue weighted by atomic mass is 15.0. The molecule has 0 atom stereocenters. The molecule has 0 bridgehead atoms. The maximum absolute atomic E-state index is 5.04. The molecule has 2 aromatic heterocycles. The Morgan fingerprint density at radius 2 is 0.537 bits per heavy atom. The zero-order chi connectivity index (χ0) is 36.1. The first-order valence-electron chi connectivity index (χ1n) is 18.0. The number of nitrogens with zero attached hydrogens (tertiary/aromatic N) is 4. The van der Waals surface area contributed by atoms with Crippen LogP contribution in [0.25, 0.3) is 89.9 Å². The zero-order valence-corrected chi connectivity index (χ0v) is 29.4. The predicted molar refractivity (Wildman–Crippen MR) is 221 cm³/mol. The average molecular weight is 691 g/mol. The summed E-state index contributed by atoms with van der Waals surface area (Å²) in [6, 6.07) is 69.0. The largest absolute Gasteiger partial charge is 0.255 e. The summed E-state index contributed by atoms with van der Waals surface area (Å²) in [5, 5.41) is 0. The summed E-state index contributed by atoms with van der Waals surface area (Å²) in [5.41, 5.74) is 13.7. The molecule has 0 radical (unpaired) electrons. The third-order valence-electron chi connectivity index (χ3n) is 9.63. The number of benzene rings is 7. The van der Waals surface area contributed by atoms with Gasteiger partial charge in [-0.25, -0.2) is 15.0 Å². The summed E-state index contributed by atoms with van der Waals surface area (Å²) in [7, 11) is 0. The Morgan fingerprint density at radius 3 is 0.926 bits per heavy atom. The third-order valence-corrected chi connectivity index (χ3v) is 9.63. The van der Waals surface area contributed by atoms with E-state index in [-0.39, 0.29) is 0 Å². The maximum Gasteiger partial charge on any atom is 0.164 e. The topological polar surface area (TPSA) is 51.6 Å². The number of rotatable bonds is 8. The van der Waals surface area contributed by atoms with Gasteiger partial charge in [-0.15, -0.1) is 0 Å². The molecule has 0 N–H and O–H groups in total. The van der Waals surface area contributed by atoms with E-state index in [0.29, 0.717) is 17.5 Å². The standard InChI is InChI=1S/C50H34N4/c1-5-13-35(14-6-1)38-21-27-42(28-22-38)48-52-49(43-29-23-39(24-30-43)36-15-7-2-8-16-36)54-50(53-48)44-31-25-41(26-32-44)47-46(40-19-11-4-12-20-40)33-45(34-51-47)37-17-9-3-10-18-37/h1-34H. The lowest BCUT2D eigenvalue weighted by atomic mass is 9.95. The van der Waals surface area contributed by atoms with Crippen LogP contribution < -0.4 is 0 Å². The lowest BCUT2D eigenvalue weighted by Gasteiger charge is -2.13. The normalized spacial score (nSPS) is 11.0. The van der Waals surface area contributed by atoms with E-state index in [9.17, 15) is 0 Å². The van der Waals surface area contributed by atoms with E-state index in [2.05, 4.69) is 176 Å². The smallest absolute Gasteiger partial charge is 0.164 e. The van der Waals surface area contributed by atoms with Crippen LogP contribution in [0.3, 0.4) is 0 Å². The van der Waals surface area contributed by atoms with Gasteiger partial charge in [-0.2, -0.15) is 0 Å². The van der Waals surface area contributed by atoms with Crippen molar-refractivity contribution in [2.75, 3.05) is 0 Å². The first-order valence-corrected chi connectivity index (χ1v) is 18.0. The molecule has 4 nitrogen and oxygen atoms in total. The van der Waals surface area contributed by atoms with Crippen LogP contribution in [0.4, 0.5) is 0 Å². The molecule has 0 spiro atoms. The monoisotopic (exact) mass is 690 g/mol. The van der Waals surface area contributed by atoms with Crippen molar-refractivity contribution in [2.45, 2.75) is 0 Å². The lowest BCUT2D eigenvalue weighted by Crippen LogP contribution is -2.00. The van der Waals surface area contributed by atoms with E-state index in [1.165, 1.54) is 11.1 Å². The molecular formula is C50H34N4. The fourth-order valence-electron chi connectivity index (χ4n) is 6.75. The second-order valence-electron chi connectivity index (χ2n) is 13.1. The number of hydrogen-bond acceptors (Lipinski definition) is 4. The summed E-state index contributed by atoms with van der Waals surface area (Å²) in [6.07, 6.45) is 1.96. The molecule has 0 aliphatic rings. The zero-order valence-electron chi connectivity index (χ0n) is 29.4. The van der Waals surface area contributed by atoms with Gasteiger partial charge in [0.1, 0.15) is 0 Å². The van der Waals surface area contributed by atoms with E-state index >= 15 is 0 Å². The molecule has 2 heterocycles. The highest BCUT2D eigenvalue weighted by Gasteiger charge is 2.15. The minimum Gasteiger partial charge on any atom is -0.255 e. The second-order valence-corrected chi connectivity index (χ2v) is 13.1. The molecule has 0 unspecified atom stereocenters. The van der Waals surface area contributed by atoms with Crippen LogP contribution >= 0.6 is 0 Å². The summed E-state index contributed by atoms with van der Waals surface area (Å²) in [5.74, 6) is 1.85. The Kier molecular flexibility index (Phi) is 8.90. The van der Waals surface area contributed by atoms with Crippen molar-refractivity contribution in [3.05, 3.63) is 206 Å². The van der Waals surface area contributed by atoms with Gasteiger partial charge in [0, 0.05) is 39.6 Å². The van der Waals surface area contributed by atoms with Crippen molar-refractivity contribution >= 4 is 0 Å². The van der Waals surface area contributed by atoms with Crippen LogP contribution in [0.5, 0.6) is 0 Å². The van der Waals surface area contributed by atoms with Crippen molar-refractivity contribution in [2.24, 2.45) is 0 Å². The Bertz CT molecular complexity index is 2540. The Morgan fingerprint density at radius 1 is 0.241 bits per heavy atom. The van der Waals surface area contributed by atoms with Crippen LogP contribution in [-0.2, 0) is 0 Å². The van der Waals surface area contributed by atoms with Crippen molar-refractivity contribution in [3.63, 3.8) is 0 Å². The van der Waals surface area contributed by atoms with Crippen LogP contribution in [0.1, 0.15) is 0 Å². The van der Waals surface area contributed by atoms with Gasteiger partial charge in [0.2, 0.25) is 0 Å². The summed E-state index contributed by atoms with van der Waals surface area (Å²) in [4.78, 5) is 20.1. The number of hydrogen-bond donors (Lipinski definition) is 0. The van der Waals surface area contributed by atoms with Gasteiger partial charge in [-0.3, -0.25) is 4.98 Å². The Balaban J connectivity index is 1.11. The first kappa shape index (κ1) is 32.6. The van der Waals surface area contributed by atoms with Crippen LogP contribution in [0.2, 0.25) is 0 Å². The van der Waals surface area contributed by atoms with E-state index in [4.69, 9.17) is 19.9 Å². The molecule has 0 aliphatic heterocycles. The van der Waals surface area contributed by atoms with E-state index in [0.717, 1.165) is 61.3 Å². The molecule has 4 heteroatoms. The molecule has 54 heavy (non-hydrogen) atoms. The fraction of sp³-hybridized carbons (Fsp3) is 0. The first-order chi connectivity index (χ1) is 26.7. The van der Waals surface area contributed by atoms with Gasteiger partial charge in [0.05, 0.1) is 5.69 Å². The SMILES string of the molecule is c1ccc(-c2ccc(-c3nc(-c4ccc(-c5ccccc5)cc4)nc(-c4ccc(-c5ncc(-c6ccccc6)cc5-c5ccccc5)cc4)n3)cc2)cc1. The molecule has 0 fully saturated rings. The van der Waals surface area contributed by atoms with Gasteiger partial charge in [-0.1, -0.05) is 194 Å². The van der Waals surface area contributed by atoms with Gasteiger partial charge >= 0.3 is 0 Å². The highest BCUT2D eigenvalue weighted by Crippen LogP contribution is 2.35. The third kappa shape index (κ3) is 6.84. The van der Waals surface area contributed by atoms with Crippen LogP contribution in [-0.4, -0.2) is 19.9 Å². The predicted octanol–water partition coefficient (Wildman–Crippen LogP) is 12.6. The van der Waals surface area contributed by atoms with Crippen LogP contribution in [0.15, 0.2) is 206 Å². The van der Waals surface area contributed by atoms with Crippen molar-refractivity contribution in [3.8, 4) is 89.9 Å². The average Bonchev–Trinajstić information content (AvgIpc) is 3.27. The second kappa shape index (κ2) is 14.7. The van der Waals surface area contributed by atoms with Gasteiger partial charge in [0.15, 0.2) is 17.5 Å². The number of aromatic nitrogens is 4. The van der Waals surface area contributed by atoms with E-state index < -0.39 is 0 Å².